The molecule has 3 aromatic carbocycles. The SMILES string of the molecule is CCOc1ccccc1NC(=O)C(c1ccccc1)N1CCN(c2ccc(C#N)cc2F)CC1. The number of anilines is 2. The van der Waals surface area contributed by atoms with Gasteiger partial charge in [0, 0.05) is 26.2 Å². The van der Waals surface area contributed by atoms with Gasteiger partial charge in [-0.2, -0.15) is 5.26 Å². The number of amides is 1. The summed E-state index contributed by atoms with van der Waals surface area (Å²) in [5.74, 6) is 0.0833. The molecule has 1 unspecified atom stereocenters. The van der Waals surface area contributed by atoms with Crippen molar-refractivity contribution < 1.29 is 13.9 Å². The van der Waals surface area contributed by atoms with Gasteiger partial charge in [0.1, 0.15) is 17.6 Å². The molecule has 1 aliphatic heterocycles. The van der Waals surface area contributed by atoms with Crippen molar-refractivity contribution in [3.63, 3.8) is 0 Å². The summed E-state index contributed by atoms with van der Waals surface area (Å²) in [7, 11) is 0. The highest BCUT2D eigenvalue weighted by Crippen LogP contribution is 2.29. The molecule has 34 heavy (non-hydrogen) atoms. The standard InChI is InChI=1S/C27H27FN4O2/c1-2-34-25-11-7-6-10-23(25)30-27(33)26(21-8-4-3-5-9-21)32-16-14-31(15-17-32)24-13-12-20(19-29)18-22(24)28/h3-13,18,26H,2,14-17H2,1H3,(H,30,33). The van der Waals surface area contributed by atoms with Crippen molar-refractivity contribution in [2.75, 3.05) is 43.0 Å². The zero-order valence-corrected chi connectivity index (χ0v) is 19.1. The van der Waals surface area contributed by atoms with Crippen LogP contribution in [0.3, 0.4) is 0 Å². The van der Waals surface area contributed by atoms with E-state index in [0.29, 0.717) is 55.5 Å². The Morgan fingerprint density at radius 3 is 2.44 bits per heavy atom. The number of ether oxygens (including phenoxy) is 1. The molecule has 6 nitrogen and oxygen atoms in total. The molecule has 0 aromatic heterocycles. The smallest absolute Gasteiger partial charge is 0.246 e. The van der Waals surface area contributed by atoms with Crippen LogP contribution in [0, 0.1) is 17.1 Å². The van der Waals surface area contributed by atoms with Gasteiger partial charge in [0.05, 0.1) is 29.6 Å². The number of nitriles is 1. The van der Waals surface area contributed by atoms with Crippen LogP contribution >= 0.6 is 0 Å². The first-order valence-electron chi connectivity index (χ1n) is 11.4. The number of benzene rings is 3. The molecule has 1 N–H and O–H groups in total. The average molecular weight is 459 g/mol. The Morgan fingerprint density at radius 1 is 1.06 bits per heavy atom. The Kier molecular flexibility index (Phi) is 7.41. The van der Waals surface area contributed by atoms with Gasteiger partial charge in [0.25, 0.3) is 0 Å². The van der Waals surface area contributed by atoms with Crippen molar-refractivity contribution in [2.45, 2.75) is 13.0 Å². The minimum absolute atomic E-state index is 0.142. The first-order chi connectivity index (χ1) is 16.6. The van der Waals surface area contributed by atoms with E-state index in [2.05, 4.69) is 10.2 Å². The number of rotatable bonds is 7. The van der Waals surface area contributed by atoms with Crippen LogP contribution in [0.15, 0.2) is 72.8 Å². The van der Waals surface area contributed by atoms with E-state index in [1.54, 1.807) is 12.1 Å². The lowest BCUT2D eigenvalue weighted by atomic mass is 10.0. The molecule has 174 valence electrons. The normalized spacial score (nSPS) is 14.8. The molecule has 1 saturated heterocycles. The third-order valence-corrected chi connectivity index (χ3v) is 5.91. The Morgan fingerprint density at radius 2 is 1.76 bits per heavy atom. The van der Waals surface area contributed by atoms with Crippen LogP contribution in [-0.4, -0.2) is 43.6 Å². The van der Waals surface area contributed by atoms with Crippen LogP contribution in [0.2, 0.25) is 0 Å². The molecule has 1 heterocycles. The van der Waals surface area contributed by atoms with Crippen LogP contribution in [0.4, 0.5) is 15.8 Å². The second kappa shape index (κ2) is 10.8. The number of halogens is 1. The maximum absolute atomic E-state index is 14.5. The first kappa shape index (κ1) is 23.3. The third-order valence-electron chi connectivity index (χ3n) is 5.91. The van der Waals surface area contributed by atoms with Crippen molar-refractivity contribution in [1.29, 1.82) is 5.26 Å². The van der Waals surface area contributed by atoms with Crippen LogP contribution in [-0.2, 0) is 4.79 Å². The van der Waals surface area contributed by atoms with Gasteiger partial charge in [-0.25, -0.2) is 4.39 Å². The lowest BCUT2D eigenvalue weighted by Crippen LogP contribution is -2.50. The van der Waals surface area contributed by atoms with E-state index in [-0.39, 0.29) is 5.91 Å². The number of hydrogen-bond acceptors (Lipinski definition) is 5. The summed E-state index contributed by atoms with van der Waals surface area (Å²) in [5, 5.41) is 12.0. The van der Waals surface area contributed by atoms with Crippen molar-refractivity contribution >= 4 is 17.3 Å². The van der Waals surface area contributed by atoms with Crippen molar-refractivity contribution in [3.05, 3.63) is 89.7 Å². The van der Waals surface area contributed by atoms with E-state index in [4.69, 9.17) is 10.00 Å². The maximum Gasteiger partial charge on any atom is 0.246 e. The largest absolute Gasteiger partial charge is 0.492 e. The minimum Gasteiger partial charge on any atom is -0.492 e. The number of para-hydroxylation sites is 2. The molecule has 1 aliphatic rings. The van der Waals surface area contributed by atoms with Crippen LogP contribution in [0.25, 0.3) is 0 Å². The second-order valence-corrected chi connectivity index (χ2v) is 8.03. The number of hydrogen-bond donors (Lipinski definition) is 1. The molecule has 1 fully saturated rings. The first-order valence-corrected chi connectivity index (χ1v) is 11.4. The second-order valence-electron chi connectivity index (χ2n) is 8.03. The molecule has 1 atom stereocenters. The number of nitrogens with zero attached hydrogens (tertiary/aromatic N) is 3. The summed E-state index contributed by atoms with van der Waals surface area (Å²) in [4.78, 5) is 17.6. The molecule has 0 radical (unpaired) electrons. The highest BCUT2D eigenvalue weighted by molar-refractivity contribution is 5.96. The lowest BCUT2D eigenvalue weighted by molar-refractivity contribution is -0.121. The Hall–Kier alpha value is -3.89. The zero-order valence-electron chi connectivity index (χ0n) is 19.1. The molecule has 0 aliphatic carbocycles. The summed E-state index contributed by atoms with van der Waals surface area (Å²) >= 11 is 0. The predicted molar refractivity (Wildman–Crippen MR) is 130 cm³/mol. The average Bonchev–Trinajstić information content (AvgIpc) is 2.87. The van der Waals surface area contributed by atoms with E-state index in [9.17, 15) is 9.18 Å². The highest BCUT2D eigenvalue weighted by Gasteiger charge is 2.31. The molecular formula is C27H27FN4O2. The molecule has 7 heteroatoms. The number of carbonyl (C=O) groups excluding carboxylic acids is 1. The molecule has 0 bridgehead atoms. The van der Waals surface area contributed by atoms with Gasteiger partial charge in [-0.1, -0.05) is 42.5 Å². The fourth-order valence-electron chi connectivity index (χ4n) is 4.27. The Balaban J connectivity index is 1.53. The van der Waals surface area contributed by atoms with Crippen molar-refractivity contribution in [2.24, 2.45) is 0 Å². The summed E-state index contributed by atoms with van der Waals surface area (Å²) in [6, 6.07) is 23.1. The van der Waals surface area contributed by atoms with Crippen LogP contribution in [0.5, 0.6) is 5.75 Å². The zero-order chi connectivity index (χ0) is 23.9. The van der Waals surface area contributed by atoms with Crippen molar-refractivity contribution in [3.8, 4) is 11.8 Å². The quantitative estimate of drug-likeness (QED) is 0.561. The minimum atomic E-state index is -0.496. The molecule has 1 amide bonds. The lowest BCUT2D eigenvalue weighted by Gasteiger charge is -2.39. The fraction of sp³-hybridized carbons (Fsp3) is 0.259. The van der Waals surface area contributed by atoms with Crippen molar-refractivity contribution in [1.82, 2.24) is 4.90 Å². The van der Waals surface area contributed by atoms with E-state index >= 15 is 0 Å². The number of nitrogens with one attached hydrogen (secondary N) is 1. The van der Waals surface area contributed by atoms with Gasteiger partial charge in [-0.15, -0.1) is 0 Å². The van der Waals surface area contributed by atoms with E-state index in [1.807, 2.05) is 72.5 Å². The predicted octanol–water partition coefficient (Wildman–Crippen LogP) is 4.60. The van der Waals surface area contributed by atoms with Crippen LogP contribution in [0.1, 0.15) is 24.1 Å². The molecule has 0 saturated carbocycles. The van der Waals surface area contributed by atoms with Gasteiger partial charge >= 0.3 is 0 Å². The monoisotopic (exact) mass is 458 g/mol. The van der Waals surface area contributed by atoms with E-state index < -0.39 is 11.9 Å². The van der Waals surface area contributed by atoms with E-state index in [0.717, 1.165) is 5.56 Å². The molecule has 4 rings (SSSR count). The molecular weight excluding hydrogens is 431 g/mol. The van der Waals surface area contributed by atoms with Gasteiger partial charge in [0.2, 0.25) is 5.91 Å². The maximum atomic E-state index is 14.5. The topological polar surface area (TPSA) is 68.6 Å². The highest BCUT2D eigenvalue weighted by atomic mass is 19.1. The van der Waals surface area contributed by atoms with Gasteiger partial charge in [-0.05, 0) is 42.8 Å². The fourth-order valence-corrected chi connectivity index (χ4v) is 4.27. The van der Waals surface area contributed by atoms with Gasteiger partial charge in [-0.3, -0.25) is 9.69 Å². The van der Waals surface area contributed by atoms with E-state index in [1.165, 1.54) is 6.07 Å². The summed E-state index contributed by atoms with van der Waals surface area (Å²) in [6.07, 6.45) is 0. The van der Waals surface area contributed by atoms with Gasteiger partial charge in [0.15, 0.2) is 0 Å². The summed E-state index contributed by atoms with van der Waals surface area (Å²) < 4.78 is 20.2. The summed E-state index contributed by atoms with van der Waals surface area (Å²) in [6.45, 7) is 4.70. The number of piperazine rings is 1. The number of carbonyl (C=O) groups is 1. The third kappa shape index (κ3) is 5.19. The Labute approximate surface area is 199 Å². The van der Waals surface area contributed by atoms with Gasteiger partial charge < -0.3 is 15.0 Å². The Bertz CT molecular complexity index is 1170. The summed E-state index contributed by atoms with van der Waals surface area (Å²) in [5.41, 5.74) is 2.30. The molecule has 0 spiro atoms. The van der Waals surface area contributed by atoms with Crippen LogP contribution < -0.4 is 15.0 Å². The molecule has 3 aromatic rings.